The molecule has 1 fully saturated rings. The number of carboxylic acids is 1. The minimum atomic E-state index is -1.01. The Bertz CT molecular complexity index is 317. The first-order valence-electron chi connectivity index (χ1n) is 7.05. The highest BCUT2D eigenvalue weighted by Gasteiger charge is 2.25. The van der Waals surface area contributed by atoms with Gasteiger partial charge in [0.25, 0.3) is 0 Å². The molecule has 110 valence electrons. The normalized spacial score (nSPS) is 25.1. The second-order valence-corrected chi connectivity index (χ2v) is 5.74. The third kappa shape index (κ3) is 5.19. The summed E-state index contributed by atoms with van der Waals surface area (Å²) in [6, 6.07) is -0.847. The van der Waals surface area contributed by atoms with E-state index >= 15 is 0 Å². The fourth-order valence-corrected chi connectivity index (χ4v) is 2.44. The monoisotopic (exact) mass is 271 g/mol. The lowest BCUT2D eigenvalue weighted by atomic mass is 9.88. The number of nitrogens with one attached hydrogen (secondary N) is 1. The summed E-state index contributed by atoms with van der Waals surface area (Å²) in [5.41, 5.74) is 0. The van der Waals surface area contributed by atoms with Gasteiger partial charge in [-0.25, -0.2) is 4.79 Å². The number of aliphatic carboxylic acids is 1. The SMILES string of the molecule is CC1CCCCC1OCC(=O)N[C@@H](C(=O)O)C(C)C. The molecule has 0 aromatic heterocycles. The number of amides is 1. The number of rotatable bonds is 6. The number of carboxylic acid groups (broad SMARTS) is 1. The van der Waals surface area contributed by atoms with Crippen LogP contribution in [0, 0.1) is 11.8 Å². The molecule has 0 saturated heterocycles. The molecule has 1 amide bonds. The average molecular weight is 271 g/mol. The highest BCUT2D eigenvalue weighted by molar-refractivity contribution is 5.84. The van der Waals surface area contributed by atoms with Crippen LogP contribution in [-0.4, -0.2) is 35.7 Å². The smallest absolute Gasteiger partial charge is 0.326 e. The van der Waals surface area contributed by atoms with E-state index in [4.69, 9.17) is 9.84 Å². The first kappa shape index (κ1) is 16.0. The van der Waals surface area contributed by atoms with Crippen LogP contribution in [0.5, 0.6) is 0 Å². The quantitative estimate of drug-likeness (QED) is 0.772. The Kier molecular flexibility index (Phi) is 6.28. The minimum absolute atomic E-state index is 0.0501. The van der Waals surface area contributed by atoms with Crippen molar-refractivity contribution >= 4 is 11.9 Å². The molecule has 0 aromatic carbocycles. The van der Waals surface area contributed by atoms with Crippen LogP contribution in [0.15, 0.2) is 0 Å². The molecule has 0 spiro atoms. The standard InChI is InChI=1S/C14H25NO4/c1-9(2)13(14(17)18)15-12(16)8-19-11-7-5-4-6-10(11)3/h9-11,13H,4-8H2,1-3H3,(H,15,16)(H,17,18)/t10?,11?,13-/m1/s1. The van der Waals surface area contributed by atoms with E-state index in [2.05, 4.69) is 12.2 Å². The molecule has 3 atom stereocenters. The Labute approximate surface area is 114 Å². The molecule has 19 heavy (non-hydrogen) atoms. The van der Waals surface area contributed by atoms with E-state index in [9.17, 15) is 9.59 Å². The predicted molar refractivity (Wildman–Crippen MR) is 71.8 cm³/mol. The third-order valence-electron chi connectivity index (χ3n) is 3.71. The van der Waals surface area contributed by atoms with Crippen molar-refractivity contribution in [3.8, 4) is 0 Å². The summed E-state index contributed by atoms with van der Waals surface area (Å²) in [5, 5.41) is 11.5. The lowest BCUT2D eigenvalue weighted by Crippen LogP contribution is -2.46. The number of ether oxygens (including phenoxy) is 1. The summed E-state index contributed by atoms with van der Waals surface area (Å²) in [5.74, 6) is -1.02. The number of hydrogen-bond acceptors (Lipinski definition) is 3. The van der Waals surface area contributed by atoms with Crippen LogP contribution < -0.4 is 5.32 Å². The van der Waals surface area contributed by atoms with E-state index in [0.29, 0.717) is 5.92 Å². The second-order valence-electron chi connectivity index (χ2n) is 5.74. The van der Waals surface area contributed by atoms with Gasteiger partial charge in [-0.05, 0) is 24.7 Å². The molecule has 0 aromatic rings. The van der Waals surface area contributed by atoms with Gasteiger partial charge < -0.3 is 15.2 Å². The first-order valence-corrected chi connectivity index (χ1v) is 7.05. The van der Waals surface area contributed by atoms with Crippen molar-refractivity contribution in [1.82, 2.24) is 5.32 Å². The van der Waals surface area contributed by atoms with Gasteiger partial charge in [0, 0.05) is 0 Å². The van der Waals surface area contributed by atoms with Crippen molar-refractivity contribution < 1.29 is 19.4 Å². The van der Waals surface area contributed by atoms with Gasteiger partial charge in [-0.3, -0.25) is 4.79 Å². The van der Waals surface area contributed by atoms with Crippen LogP contribution in [-0.2, 0) is 14.3 Å². The molecular formula is C14H25NO4. The van der Waals surface area contributed by atoms with Gasteiger partial charge in [0.05, 0.1) is 6.10 Å². The molecule has 2 N–H and O–H groups in total. The molecule has 0 radical (unpaired) electrons. The van der Waals surface area contributed by atoms with Gasteiger partial charge >= 0.3 is 5.97 Å². The predicted octanol–water partition coefficient (Wildman–Crippen LogP) is 1.81. The zero-order valence-corrected chi connectivity index (χ0v) is 12.0. The van der Waals surface area contributed by atoms with Gasteiger partial charge in [0.15, 0.2) is 0 Å². The summed E-state index contributed by atoms with van der Waals surface area (Å²) in [6.07, 6.45) is 4.61. The van der Waals surface area contributed by atoms with Crippen LogP contribution in [0.2, 0.25) is 0 Å². The van der Waals surface area contributed by atoms with Crippen molar-refractivity contribution in [2.24, 2.45) is 11.8 Å². The van der Waals surface area contributed by atoms with E-state index in [0.717, 1.165) is 19.3 Å². The number of carbonyl (C=O) groups is 2. The highest BCUT2D eigenvalue weighted by atomic mass is 16.5. The van der Waals surface area contributed by atoms with Crippen LogP contribution >= 0.6 is 0 Å². The number of hydrogen-bond donors (Lipinski definition) is 2. The van der Waals surface area contributed by atoms with E-state index in [1.165, 1.54) is 6.42 Å². The Morgan fingerprint density at radius 2 is 1.95 bits per heavy atom. The highest BCUT2D eigenvalue weighted by Crippen LogP contribution is 2.26. The van der Waals surface area contributed by atoms with Crippen molar-refractivity contribution in [1.29, 1.82) is 0 Å². The fourth-order valence-electron chi connectivity index (χ4n) is 2.44. The summed E-state index contributed by atoms with van der Waals surface area (Å²) < 4.78 is 5.61. The van der Waals surface area contributed by atoms with Gasteiger partial charge in [-0.2, -0.15) is 0 Å². The maximum absolute atomic E-state index is 11.7. The largest absolute Gasteiger partial charge is 0.480 e. The maximum Gasteiger partial charge on any atom is 0.326 e. The average Bonchev–Trinajstić information content (AvgIpc) is 2.34. The summed E-state index contributed by atoms with van der Waals surface area (Å²) in [6.45, 7) is 5.62. The topological polar surface area (TPSA) is 75.6 Å². The fraction of sp³-hybridized carbons (Fsp3) is 0.857. The Balaban J connectivity index is 2.36. The molecule has 0 aliphatic heterocycles. The van der Waals surface area contributed by atoms with Gasteiger partial charge in [0.1, 0.15) is 12.6 Å². The van der Waals surface area contributed by atoms with E-state index < -0.39 is 12.0 Å². The van der Waals surface area contributed by atoms with Crippen LogP contribution in [0.1, 0.15) is 46.5 Å². The van der Waals surface area contributed by atoms with E-state index in [1.807, 2.05) is 0 Å². The van der Waals surface area contributed by atoms with Crippen molar-refractivity contribution in [2.45, 2.75) is 58.6 Å². The molecule has 0 bridgehead atoms. The lowest BCUT2D eigenvalue weighted by Gasteiger charge is -2.28. The Morgan fingerprint density at radius 1 is 1.32 bits per heavy atom. The second kappa shape index (κ2) is 7.48. The molecule has 2 unspecified atom stereocenters. The molecular weight excluding hydrogens is 246 g/mol. The minimum Gasteiger partial charge on any atom is -0.480 e. The van der Waals surface area contributed by atoms with Crippen molar-refractivity contribution in [3.05, 3.63) is 0 Å². The van der Waals surface area contributed by atoms with Crippen LogP contribution in [0.4, 0.5) is 0 Å². The Morgan fingerprint density at radius 3 is 2.47 bits per heavy atom. The zero-order chi connectivity index (χ0) is 14.4. The zero-order valence-electron chi connectivity index (χ0n) is 12.0. The molecule has 1 rings (SSSR count). The Hall–Kier alpha value is -1.10. The molecule has 1 aliphatic carbocycles. The lowest BCUT2D eigenvalue weighted by molar-refractivity contribution is -0.144. The van der Waals surface area contributed by atoms with Crippen molar-refractivity contribution in [3.63, 3.8) is 0 Å². The maximum atomic E-state index is 11.7. The van der Waals surface area contributed by atoms with Crippen LogP contribution in [0.3, 0.4) is 0 Å². The van der Waals surface area contributed by atoms with Crippen molar-refractivity contribution in [2.75, 3.05) is 6.61 Å². The molecule has 1 saturated carbocycles. The summed E-state index contributed by atoms with van der Waals surface area (Å²) in [7, 11) is 0. The van der Waals surface area contributed by atoms with Gasteiger partial charge in [-0.1, -0.05) is 33.6 Å². The molecule has 0 heterocycles. The van der Waals surface area contributed by atoms with Gasteiger partial charge in [0.2, 0.25) is 5.91 Å². The van der Waals surface area contributed by atoms with Gasteiger partial charge in [-0.15, -0.1) is 0 Å². The first-order chi connectivity index (χ1) is 8.91. The summed E-state index contributed by atoms with van der Waals surface area (Å²) >= 11 is 0. The molecule has 1 aliphatic rings. The summed E-state index contributed by atoms with van der Waals surface area (Å²) in [4.78, 5) is 22.7. The van der Waals surface area contributed by atoms with E-state index in [1.54, 1.807) is 13.8 Å². The molecule has 5 nitrogen and oxygen atoms in total. The number of carbonyl (C=O) groups excluding carboxylic acids is 1. The third-order valence-corrected chi connectivity index (χ3v) is 3.71. The van der Waals surface area contributed by atoms with Crippen LogP contribution in [0.25, 0.3) is 0 Å². The molecule has 5 heteroatoms. The van der Waals surface area contributed by atoms with E-state index in [-0.39, 0.29) is 24.5 Å².